The summed E-state index contributed by atoms with van der Waals surface area (Å²) in [6, 6.07) is 3.02. The zero-order valence-corrected chi connectivity index (χ0v) is 16.6. The number of nitrogens with one attached hydrogen (secondary N) is 1. The summed E-state index contributed by atoms with van der Waals surface area (Å²) in [7, 11) is 0. The molecule has 3 aliphatic rings. The fourth-order valence-electron chi connectivity index (χ4n) is 4.49. The van der Waals surface area contributed by atoms with Gasteiger partial charge in [0.05, 0.1) is 24.3 Å². The zero-order valence-electron chi connectivity index (χ0n) is 16.6. The number of rotatable bonds is 3. The largest absolute Gasteiger partial charge is 0.416 e. The van der Waals surface area contributed by atoms with E-state index < -0.39 is 17.6 Å². The highest BCUT2D eigenvalue weighted by atomic mass is 19.4. The van der Waals surface area contributed by atoms with Gasteiger partial charge in [0.25, 0.3) is 0 Å². The molecule has 2 atom stereocenters. The maximum Gasteiger partial charge on any atom is 0.416 e. The quantitative estimate of drug-likeness (QED) is 0.752. The molecule has 3 fully saturated rings. The van der Waals surface area contributed by atoms with Crippen LogP contribution in [0.15, 0.2) is 30.5 Å². The number of urea groups is 1. The molecule has 0 saturated carbocycles. The van der Waals surface area contributed by atoms with Gasteiger partial charge in [0, 0.05) is 37.4 Å². The first-order valence-electron chi connectivity index (χ1n) is 10.2. The topological polar surface area (TPSA) is 44.8 Å². The number of benzene rings is 1. The van der Waals surface area contributed by atoms with E-state index in [-0.39, 0.29) is 36.1 Å². The molecule has 3 heterocycles. The molecular weight excluding hydrogens is 402 g/mol. The normalized spacial score (nSPS) is 24.9. The minimum Gasteiger partial charge on any atom is -0.380 e. The first-order chi connectivity index (χ1) is 14.2. The Labute approximate surface area is 172 Å². The molecule has 0 aromatic heterocycles. The second kappa shape index (κ2) is 8.09. The van der Waals surface area contributed by atoms with Crippen molar-refractivity contribution in [3.8, 4) is 0 Å². The molecule has 4 rings (SSSR count). The van der Waals surface area contributed by atoms with Gasteiger partial charge in [-0.25, -0.2) is 9.18 Å². The number of fused-ring (bicyclic) bond motifs is 1. The van der Waals surface area contributed by atoms with Gasteiger partial charge in [-0.2, -0.15) is 13.2 Å². The van der Waals surface area contributed by atoms with E-state index in [1.54, 1.807) is 9.80 Å². The van der Waals surface area contributed by atoms with Gasteiger partial charge >= 0.3 is 12.2 Å². The fraction of sp³-hybridized carbons (Fsp3) is 0.571. The first-order valence-corrected chi connectivity index (χ1v) is 10.2. The summed E-state index contributed by atoms with van der Waals surface area (Å²) < 4.78 is 59.1. The van der Waals surface area contributed by atoms with Crippen LogP contribution in [0.4, 0.5) is 22.4 Å². The summed E-state index contributed by atoms with van der Waals surface area (Å²) in [4.78, 5) is 16.2. The van der Waals surface area contributed by atoms with Crippen molar-refractivity contribution in [2.24, 2.45) is 5.92 Å². The van der Waals surface area contributed by atoms with E-state index in [1.165, 1.54) is 0 Å². The maximum absolute atomic E-state index is 14.0. The van der Waals surface area contributed by atoms with E-state index in [2.05, 4.69) is 11.9 Å². The van der Waals surface area contributed by atoms with Crippen molar-refractivity contribution in [3.63, 3.8) is 0 Å². The maximum atomic E-state index is 14.0. The van der Waals surface area contributed by atoms with E-state index in [1.807, 2.05) is 0 Å². The summed E-state index contributed by atoms with van der Waals surface area (Å²) in [6.07, 6.45) is -3.33. The highest BCUT2D eigenvalue weighted by molar-refractivity contribution is 5.75. The molecule has 0 radical (unpaired) electrons. The third-order valence-corrected chi connectivity index (χ3v) is 6.14. The number of carbonyl (C=O) groups excluding carboxylic acids is 1. The number of likely N-dealkylation sites (tertiary alicyclic amines) is 2. The summed E-state index contributed by atoms with van der Waals surface area (Å²) in [5, 5.41) is 3.29. The Balaban J connectivity index is 1.28. The van der Waals surface area contributed by atoms with E-state index in [0.29, 0.717) is 39.2 Å². The minimum absolute atomic E-state index is 0.00501. The number of ether oxygens (including phenoxy) is 1. The smallest absolute Gasteiger partial charge is 0.380 e. The van der Waals surface area contributed by atoms with E-state index in [0.717, 1.165) is 30.3 Å². The molecule has 1 aromatic carbocycles. The lowest BCUT2D eigenvalue weighted by atomic mass is 9.91. The van der Waals surface area contributed by atoms with Crippen LogP contribution in [0.5, 0.6) is 0 Å². The van der Waals surface area contributed by atoms with Crippen LogP contribution >= 0.6 is 0 Å². The molecular formula is C21H25F4N3O2. The lowest BCUT2D eigenvalue weighted by Crippen LogP contribution is -2.62. The predicted octanol–water partition coefficient (Wildman–Crippen LogP) is 3.41. The summed E-state index contributed by atoms with van der Waals surface area (Å²) in [5.74, 6) is -0.758. The molecule has 0 aliphatic carbocycles. The number of morpholine rings is 1. The molecule has 5 nitrogen and oxygen atoms in total. The number of piperidine rings is 1. The van der Waals surface area contributed by atoms with Crippen molar-refractivity contribution in [1.29, 1.82) is 0 Å². The second-order valence-electron chi connectivity index (χ2n) is 8.29. The van der Waals surface area contributed by atoms with E-state index >= 15 is 0 Å². The van der Waals surface area contributed by atoms with Gasteiger partial charge in [-0.05, 0) is 37.3 Å². The van der Waals surface area contributed by atoms with Crippen molar-refractivity contribution in [1.82, 2.24) is 15.1 Å². The highest BCUT2D eigenvalue weighted by Crippen LogP contribution is 2.35. The molecule has 164 valence electrons. The van der Waals surface area contributed by atoms with E-state index in [9.17, 15) is 22.4 Å². The van der Waals surface area contributed by atoms with Crippen LogP contribution in [0.3, 0.4) is 0 Å². The molecule has 0 unspecified atom stereocenters. The lowest BCUT2D eigenvalue weighted by molar-refractivity contribution is -0.138. The highest BCUT2D eigenvalue weighted by Gasteiger charge is 2.40. The van der Waals surface area contributed by atoms with Crippen molar-refractivity contribution in [2.75, 3.05) is 32.8 Å². The second-order valence-corrected chi connectivity index (χ2v) is 8.29. The average Bonchev–Trinajstić information content (AvgIpc) is 2.66. The predicted molar refractivity (Wildman–Crippen MR) is 102 cm³/mol. The molecule has 0 bridgehead atoms. The molecule has 2 amide bonds. The van der Waals surface area contributed by atoms with Gasteiger partial charge in [0.2, 0.25) is 0 Å². The number of hydrogen-bond acceptors (Lipinski definition) is 3. The Kier molecular flexibility index (Phi) is 5.65. The number of nitrogens with zero attached hydrogens (tertiary/aromatic N) is 2. The number of hydrogen-bond donors (Lipinski definition) is 1. The monoisotopic (exact) mass is 427 g/mol. The van der Waals surface area contributed by atoms with E-state index in [4.69, 9.17) is 4.74 Å². The summed E-state index contributed by atoms with van der Waals surface area (Å²) in [5.41, 5.74) is -0.400. The van der Waals surface area contributed by atoms with Crippen LogP contribution in [0.25, 0.3) is 0 Å². The standard InChI is InChI=1S/C21H25F4N3O2/c1-13-12-30-19-7-8-27(11-18(19)26-13)20(29)28-9-14(10-28)5-6-15-16(21(23,24)25)3-2-4-17(15)22/h2-4,14,18-19,26H,1,5-12H2/t18-,19+/m1/s1. The van der Waals surface area contributed by atoms with Crippen LogP contribution in [0.1, 0.15) is 24.0 Å². The number of alkyl halides is 3. The molecule has 3 saturated heterocycles. The first kappa shape index (κ1) is 21.0. The molecule has 1 aromatic rings. The lowest BCUT2D eigenvalue weighted by Gasteiger charge is -2.46. The van der Waals surface area contributed by atoms with Crippen LogP contribution in [-0.4, -0.2) is 60.8 Å². The number of amides is 2. The van der Waals surface area contributed by atoms with Gasteiger partial charge in [-0.3, -0.25) is 0 Å². The minimum atomic E-state index is -4.58. The zero-order chi connectivity index (χ0) is 21.5. The third-order valence-electron chi connectivity index (χ3n) is 6.14. The fourth-order valence-corrected chi connectivity index (χ4v) is 4.49. The Bertz CT molecular complexity index is 823. The molecule has 3 aliphatic heterocycles. The molecule has 30 heavy (non-hydrogen) atoms. The molecule has 9 heteroatoms. The van der Waals surface area contributed by atoms with Gasteiger partial charge < -0.3 is 19.9 Å². The van der Waals surface area contributed by atoms with Crippen molar-refractivity contribution in [2.45, 2.75) is 37.6 Å². The number of carbonyl (C=O) groups is 1. The van der Waals surface area contributed by atoms with Crippen LogP contribution in [-0.2, 0) is 17.3 Å². The SMILES string of the molecule is C=C1CO[C@H]2CCN(C(=O)N3CC(CCc4c(F)cccc4C(F)(F)F)C3)C[C@H]2N1. The Morgan fingerprint density at radius 1 is 1.23 bits per heavy atom. The summed E-state index contributed by atoms with van der Waals surface area (Å²) >= 11 is 0. The van der Waals surface area contributed by atoms with Gasteiger partial charge in [0.15, 0.2) is 0 Å². The van der Waals surface area contributed by atoms with Gasteiger partial charge in [-0.15, -0.1) is 0 Å². The van der Waals surface area contributed by atoms with Crippen LogP contribution < -0.4 is 5.32 Å². The van der Waals surface area contributed by atoms with Crippen molar-refractivity contribution >= 4 is 6.03 Å². The molecule has 1 N–H and O–H groups in total. The number of halogens is 4. The van der Waals surface area contributed by atoms with Crippen LogP contribution in [0, 0.1) is 11.7 Å². The van der Waals surface area contributed by atoms with Crippen molar-refractivity contribution < 1.29 is 27.1 Å². The third kappa shape index (κ3) is 4.26. The van der Waals surface area contributed by atoms with Gasteiger partial charge in [0.1, 0.15) is 5.82 Å². The van der Waals surface area contributed by atoms with Gasteiger partial charge in [-0.1, -0.05) is 12.6 Å². The summed E-state index contributed by atoms with van der Waals surface area (Å²) in [6.45, 7) is 6.47. The Hall–Kier alpha value is -2.29. The van der Waals surface area contributed by atoms with Crippen LogP contribution in [0.2, 0.25) is 0 Å². The Morgan fingerprint density at radius 2 is 2.00 bits per heavy atom. The Morgan fingerprint density at radius 3 is 2.73 bits per heavy atom. The average molecular weight is 427 g/mol. The van der Waals surface area contributed by atoms with Crippen molar-refractivity contribution in [3.05, 3.63) is 47.4 Å². The molecule has 0 spiro atoms.